The van der Waals surface area contributed by atoms with Crippen LogP contribution in [0.3, 0.4) is 0 Å². The van der Waals surface area contributed by atoms with Gasteiger partial charge in [-0.05, 0) is 24.8 Å². The molecule has 1 aromatic heterocycles. The first kappa shape index (κ1) is 12.8. The van der Waals surface area contributed by atoms with Gasteiger partial charge in [-0.1, -0.05) is 6.07 Å². The summed E-state index contributed by atoms with van der Waals surface area (Å²) in [6.45, 7) is 2.38. The molecule has 1 saturated heterocycles. The predicted molar refractivity (Wildman–Crippen MR) is 67.2 cm³/mol. The van der Waals surface area contributed by atoms with E-state index in [1.807, 2.05) is 18.2 Å². The lowest BCUT2D eigenvalue weighted by atomic mass is 10.0. The van der Waals surface area contributed by atoms with Crippen LogP contribution in [0.1, 0.15) is 25.0 Å². The van der Waals surface area contributed by atoms with Crippen LogP contribution < -0.4 is 4.74 Å². The molecule has 0 radical (unpaired) electrons. The number of pyridine rings is 1. The summed E-state index contributed by atoms with van der Waals surface area (Å²) in [4.78, 5) is 4.39. The van der Waals surface area contributed by atoms with Gasteiger partial charge in [0.2, 0.25) is 5.88 Å². The van der Waals surface area contributed by atoms with Crippen molar-refractivity contribution in [3.05, 3.63) is 23.9 Å². The number of nitrogens with zero attached hydrogens (tertiary/aromatic N) is 2. The molecule has 96 valence electrons. The minimum absolute atomic E-state index is 0.496. The number of nitriles is 1. The lowest BCUT2D eigenvalue weighted by Crippen LogP contribution is -2.21. The van der Waals surface area contributed by atoms with E-state index in [2.05, 4.69) is 11.1 Å². The van der Waals surface area contributed by atoms with Crippen molar-refractivity contribution in [2.75, 3.05) is 19.8 Å². The average Bonchev–Trinajstić information content (AvgIpc) is 2.44. The summed E-state index contributed by atoms with van der Waals surface area (Å²) in [5, 5.41) is 8.55. The molecule has 0 spiro atoms. The Labute approximate surface area is 108 Å². The Morgan fingerprint density at radius 3 is 3.00 bits per heavy atom. The number of aryl methyl sites for hydroxylation is 1. The zero-order valence-electron chi connectivity index (χ0n) is 10.5. The summed E-state index contributed by atoms with van der Waals surface area (Å²) in [7, 11) is 0. The highest BCUT2D eigenvalue weighted by Gasteiger charge is 2.14. The van der Waals surface area contributed by atoms with Crippen molar-refractivity contribution in [1.82, 2.24) is 4.98 Å². The van der Waals surface area contributed by atoms with Gasteiger partial charge < -0.3 is 9.47 Å². The lowest BCUT2D eigenvalue weighted by molar-refractivity contribution is 0.0490. The molecule has 0 amide bonds. The summed E-state index contributed by atoms with van der Waals surface area (Å²) < 4.78 is 11.0. The van der Waals surface area contributed by atoms with E-state index < -0.39 is 0 Å². The van der Waals surface area contributed by atoms with E-state index in [1.54, 1.807) is 0 Å². The van der Waals surface area contributed by atoms with Gasteiger partial charge in [0.15, 0.2) is 0 Å². The summed E-state index contributed by atoms with van der Waals surface area (Å²) in [6.07, 6.45) is 3.31. The van der Waals surface area contributed by atoms with Crippen molar-refractivity contribution >= 4 is 0 Å². The van der Waals surface area contributed by atoms with Gasteiger partial charge in [-0.15, -0.1) is 0 Å². The number of hydrogen-bond donors (Lipinski definition) is 0. The minimum atomic E-state index is 0.496. The second-order valence-corrected chi connectivity index (χ2v) is 4.49. The Morgan fingerprint density at radius 1 is 1.39 bits per heavy atom. The number of aromatic nitrogens is 1. The summed E-state index contributed by atoms with van der Waals surface area (Å²) in [5.41, 5.74) is 0.918. The highest BCUT2D eigenvalue weighted by atomic mass is 16.5. The Kier molecular flexibility index (Phi) is 4.98. The molecule has 0 unspecified atom stereocenters. The Hall–Kier alpha value is -1.60. The molecule has 1 aliphatic rings. The molecule has 4 heteroatoms. The normalized spacial score (nSPS) is 16.2. The zero-order valence-corrected chi connectivity index (χ0v) is 10.5. The van der Waals surface area contributed by atoms with Crippen molar-refractivity contribution in [3.8, 4) is 11.9 Å². The molecule has 0 saturated carbocycles. The van der Waals surface area contributed by atoms with Gasteiger partial charge in [-0.3, -0.25) is 0 Å². The topological polar surface area (TPSA) is 55.1 Å². The van der Waals surface area contributed by atoms with Gasteiger partial charge in [0.05, 0.1) is 12.7 Å². The van der Waals surface area contributed by atoms with Gasteiger partial charge in [0.1, 0.15) is 0 Å². The molecule has 0 atom stereocenters. The van der Waals surface area contributed by atoms with E-state index in [1.165, 1.54) is 0 Å². The van der Waals surface area contributed by atoms with Crippen LogP contribution in [0, 0.1) is 17.2 Å². The number of hydrogen-bond acceptors (Lipinski definition) is 4. The molecular formula is C14H18N2O2. The van der Waals surface area contributed by atoms with Crippen LogP contribution in [-0.4, -0.2) is 24.8 Å². The first-order valence-corrected chi connectivity index (χ1v) is 6.42. The van der Waals surface area contributed by atoms with Crippen molar-refractivity contribution in [2.45, 2.75) is 25.7 Å². The van der Waals surface area contributed by atoms with E-state index in [-0.39, 0.29) is 0 Å². The quantitative estimate of drug-likeness (QED) is 0.800. The second kappa shape index (κ2) is 6.97. The summed E-state index contributed by atoms with van der Waals surface area (Å²) >= 11 is 0. The van der Waals surface area contributed by atoms with E-state index in [0.717, 1.165) is 31.7 Å². The van der Waals surface area contributed by atoms with E-state index in [9.17, 15) is 0 Å². The molecule has 4 nitrogen and oxygen atoms in total. The third kappa shape index (κ3) is 4.01. The molecule has 0 bridgehead atoms. The summed E-state index contributed by atoms with van der Waals surface area (Å²) in [5.74, 6) is 1.24. The fraction of sp³-hybridized carbons (Fsp3) is 0.571. The predicted octanol–water partition coefficient (Wildman–Crippen LogP) is 2.34. The van der Waals surface area contributed by atoms with E-state index >= 15 is 0 Å². The molecule has 18 heavy (non-hydrogen) atoms. The van der Waals surface area contributed by atoms with Gasteiger partial charge in [-0.25, -0.2) is 4.98 Å². The van der Waals surface area contributed by atoms with Crippen molar-refractivity contribution in [3.63, 3.8) is 0 Å². The monoisotopic (exact) mass is 246 g/mol. The van der Waals surface area contributed by atoms with Crippen LogP contribution >= 0.6 is 0 Å². The maximum absolute atomic E-state index is 8.55. The SMILES string of the molecule is N#CCCc1cccc(OCC2CCOCC2)n1. The van der Waals surface area contributed by atoms with Crippen molar-refractivity contribution in [2.24, 2.45) is 5.92 Å². The highest BCUT2D eigenvalue weighted by Crippen LogP contribution is 2.17. The molecule has 1 aliphatic heterocycles. The zero-order chi connectivity index (χ0) is 12.6. The lowest BCUT2D eigenvalue weighted by Gasteiger charge is -2.21. The molecule has 1 aromatic rings. The standard InChI is InChI=1S/C14H18N2O2/c15-8-2-4-13-3-1-5-14(16-13)18-11-12-6-9-17-10-7-12/h1,3,5,12H,2,4,6-7,9-11H2. The van der Waals surface area contributed by atoms with Crippen molar-refractivity contribution in [1.29, 1.82) is 5.26 Å². The maximum Gasteiger partial charge on any atom is 0.213 e. The van der Waals surface area contributed by atoms with Gasteiger partial charge in [0, 0.05) is 37.8 Å². The Morgan fingerprint density at radius 2 is 2.22 bits per heavy atom. The summed E-state index contributed by atoms with van der Waals surface area (Å²) in [6, 6.07) is 7.85. The third-order valence-electron chi connectivity index (χ3n) is 3.08. The molecule has 0 aliphatic carbocycles. The second-order valence-electron chi connectivity index (χ2n) is 4.49. The third-order valence-corrected chi connectivity index (χ3v) is 3.08. The van der Waals surface area contributed by atoms with Crippen LogP contribution in [-0.2, 0) is 11.2 Å². The maximum atomic E-state index is 8.55. The van der Waals surface area contributed by atoms with Crippen molar-refractivity contribution < 1.29 is 9.47 Å². The average molecular weight is 246 g/mol. The van der Waals surface area contributed by atoms with Gasteiger partial charge in [-0.2, -0.15) is 5.26 Å². The largest absolute Gasteiger partial charge is 0.477 e. The fourth-order valence-electron chi connectivity index (χ4n) is 1.98. The molecule has 2 rings (SSSR count). The van der Waals surface area contributed by atoms with Crippen LogP contribution in [0.2, 0.25) is 0 Å². The number of rotatable bonds is 5. The Balaban J connectivity index is 1.82. The first-order valence-electron chi connectivity index (χ1n) is 6.42. The van der Waals surface area contributed by atoms with Crippen LogP contribution in [0.25, 0.3) is 0 Å². The van der Waals surface area contributed by atoms with E-state index in [4.69, 9.17) is 14.7 Å². The molecule has 1 fully saturated rings. The highest BCUT2D eigenvalue weighted by molar-refractivity contribution is 5.16. The van der Waals surface area contributed by atoms with E-state index in [0.29, 0.717) is 31.2 Å². The smallest absolute Gasteiger partial charge is 0.213 e. The Bertz CT molecular complexity index is 409. The molecule has 0 aromatic carbocycles. The van der Waals surface area contributed by atoms with Crippen LogP contribution in [0.15, 0.2) is 18.2 Å². The molecule has 0 N–H and O–H groups in total. The molecule has 2 heterocycles. The van der Waals surface area contributed by atoms with Crippen LogP contribution in [0.4, 0.5) is 0 Å². The minimum Gasteiger partial charge on any atom is -0.477 e. The van der Waals surface area contributed by atoms with Gasteiger partial charge in [0.25, 0.3) is 0 Å². The fourth-order valence-corrected chi connectivity index (χ4v) is 1.98. The van der Waals surface area contributed by atoms with Gasteiger partial charge >= 0.3 is 0 Å². The van der Waals surface area contributed by atoms with Crippen LogP contribution in [0.5, 0.6) is 5.88 Å². The first-order chi connectivity index (χ1) is 8.88. The number of ether oxygens (including phenoxy) is 2. The molecular weight excluding hydrogens is 228 g/mol.